The van der Waals surface area contributed by atoms with Gasteiger partial charge < -0.3 is 10.7 Å². The van der Waals surface area contributed by atoms with Crippen LogP contribution in [-0.2, 0) is 0 Å². The van der Waals surface area contributed by atoms with Crippen molar-refractivity contribution in [2.75, 3.05) is 10.7 Å². The lowest BCUT2D eigenvalue weighted by Crippen LogP contribution is -2.12. The number of nitrogen functional groups attached to an aromatic ring is 1. The van der Waals surface area contributed by atoms with Gasteiger partial charge in [0.05, 0.1) is 10.4 Å². The average Bonchev–Trinajstić information content (AvgIpc) is 2.78. The van der Waals surface area contributed by atoms with E-state index in [-0.39, 0.29) is 6.04 Å². The number of nitrogens with one attached hydrogen (secondary N) is 2. The predicted molar refractivity (Wildman–Crippen MR) is 78.9 cm³/mol. The zero-order valence-electron chi connectivity index (χ0n) is 9.45. The molecule has 0 radical (unpaired) electrons. The number of hydrogen-bond acceptors (Lipinski definition) is 6. The maximum absolute atomic E-state index is 5.92. The highest BCUT2D eigenvalue weighted by Gasteiger charge is 2.13. The Bertz CT molecular complexity index is 547. The maximum Gasteiger partial charge on any atom is 0.159 e. The molecule has 1 unspecified atom stereocenters. The lowest BCUT2D eigenvalue weighted by atomic mass is 10.3. The Morgan fingerprint density at radius 2 is 2.11 bits per heavy atom. The Morgan fingerprint density at radius 1 is 1.39 bits per heavy atom. The van der Waals surface area contributed by atoms with Gasteiger partial charge in [0.25, 0.3) is 0 Å². The minimum Gasteiger partial charge on any atom is -0.362 e. The van der Waals surface area contributed by atoms with E-state index < -0.39 is 0 Å². The summed E-state index contributed by atoms with van der Waals surface area (Å²) in [4.78, 5) is 9.29. The number of thiophene rings is 1. The van der Waals surface area contributed by atoms with Crippen molar-refractivity contribution >= 4 is 50.5 Å². The van der Waals surface area contributed by atoms with Crippen LogP contribution in [0.3, 0.4) is 0 Å². The standard InChI is InChI=1S/C10H11BrClN5S/c1-5(6-2-3-7(12)18-6)16-9-8(11)10(17-13)15-4-14-9/h2-5H,13H2,1H3,(H2,14,15,16,17). The van der Waals surface area contributed by atoms with E-state index in [9.17, 15) is 0 Å². The molecule has 2 heterocycles. The van der Waals surface area contributed by atoms with Gasteiger partial charge in [-0.1, -0.05) is 11.6 Å². The van der Waals surface area contributed by atoms with Gasteiger partial charge in [0.15, 0.2) is 5.82 Å². The lowest BCUT2D eigenvalue weighted by molar-refractivity contribution is 0.890. The van der Waals surface area contributed by atoms with E-state index in [1.807, 2.05) is 19.1 Å². The molecule has 2 aromatic heterocycles. The first-order valence-corrected chi connectivity index (χ1v) is 7.09. The van der Waals surface area contributed by atoms with Gasteiger partial charge in [-0.3, -0.25) is 0 Å². The topological polar surface area (TPSA) is 75.9 Å². The number of hydrazine groups is 1. The SMILES string of the molecule is CC(Nc1ncnc(NN)c1Br)c1ccc(Cl)s1. The minimum absolute atomic E-state index is 0.0966. The molecule has 0 fully saturated rings. The highest BCUT2D eigenvalue weighted by atomic mass is 79.9. The largest absolute Gasteiger partial charge is 0.362 e. The number of nitrogens with zero attached hydrogens (tertiary/aromatic N) is 2. The first-order chi connectivity index (χ1) is 8.61. The molecule has 0 saturated carbocycles. The Morgan fingerprint density at radius 3 is 2.72 bits per heavy atom. The van der Waals surface area contributed by atoms with Crippen LogP contribution in [0, 0.1) is 0 Å². The molecule has 1 atom stereocenters. The van der Waals surface area contributed by atoms with Crippen molar-refractivity contribution in [2.45, 2.75) is 13.0 Å². The molecule has 8 heteroatoms. The fourth-order valence-electron chi connectivity index (χ4n) is 1.41. The Hall–Kier alpha value is -0.890. The van der Waals surface area contributed by atoms with Gasteiger partial charge in [-0.05, 0) is 35.0 Å². The summed E-state index contributed by atoms with van der Waals surface area (Å²) >= 11 is 10.8. The van der Waals surface area contributed by atoms with Crippen LogP contribution in [0.25, 0.3) is 0 Å². The second-order valence-corrected chi connectivity index (χ2v) is 6.08. The summed E-state index contributed by atoms with van der Waals surface area (Å²) in [6, 6.07) is 3.96. The third kappa shape index (κ3) is 2.92. The number of nitrogens with two attached hydrogens (primary N) is 1. The van der Waals surface area contributed by atoms with Crippen LogP contribution < -0.4 is 16.6 Å². The molecular formula is C10H11BrClN5S. The number of hydrogen-bond donors (Lipinski definition) is 3. The van der Waals surface area contributed by atoms with Crippen LogP contribution in [0.2, 0.25) is 4.34 Å². The second kappa shape index (κ2) is 5.83. The van der Waals surface area contributed by atoms with Crippen LogP contribution in [0.4, 0.5) is 11.6 Å². The molecule has 18 heavy (non-hydrogen) atoms. The summed E-state index contributed by atoms with van der Waals surface area (Å²) in [6.45, 7) is 2.03. The zero-order valence-corrected chi connectivity index (χ0v) is 12.6. The minimum atomic E-state index is 0.0966. The Kier molecular flexibility index (Phi) is 4.39. The summed E-state index contributed by atoms with van der Waals surface area (Å²) < 4.78 is 1.46. The molecule has 0 amide bonds. The van der Waals surface area contributed by atoms with Crippen molar-refractivity contribution in [1.29, 1.82) is 0 Å². The monoisotopic (exact) mass is 347 g/mol. The molecule has 0 aromatic carbocycles. The van der Waals surface area contributed by atoms with Crippen LogP contribution in [-0.4, -0.2) is 9.97 Å². The van der Waals surface area contributed by atoms with Crippen molar-refractivity contribution in [3.8, 4) is 0 Å². The van der Waals surface area contributed by atoms with E-state index >= 15 is 0 Å². The zero-order chi connectivity index (χ0) is 13.1. The van der Waals surface area contributed by atoms with Crippen molar-refractivity contribution < 1.29 is 0 Å². The molecule has 0 aliphatic rings. The normalized spacial score (nSPS) is 12.2. The van der Waals surface area contributed by atoms with E-state index in [0.29, 0.717) is 16.1 Å². The molecule has 0 aliphatic heterocycles. The molecule has 0 aliphatic carbocycles. The molecular weight excluding hydrogens is 338 g/mol. The molecule has 5 nitrogen and oxygen atoms in total. The second-order valence-electron chi connectivity index (χ2n) is 3.54. The molecule has 2 aromatic rings. The first-order valence-electron chi connectivity index (χ1n) is 5.10. The third-order valence-corrected chi connectivity index (χ3v) is 4.47. The van der Waals surface area contributed by atoms with Gasteiger partial charge in [-0.15, -0.1) is 11.3 Å². The van der Waals surface area contributed by atoms with Gasteiger partial charge in [0, 0.05) is 4.88 Å². The maximum atomic E-state index is 5.92. The smallest absolute Gasteiger partial charge is 0.159 e. The van der Waals surface area contributed by atoms with Gasteiger partial charge in [0.2, 0.25) is 0 Å². The number of halogens is 2. The van der Waals surface area contributed by atoms with Crippen LogP contribution in [0.1, 0.15) is 17.8 Å². The number of rotatable bonds is 4. The van der Waals surface area contributed by atoms with E-state index in [0.717, 1.165) is 9.21 Å². The summed E-state index contributed by atoms with van der Waals surface area (Å²) in [7, 11) is 0. The first kappa shape index (κ1) is 13.5. The highest BCUT2D eigenvalue weighted by molar-refractivity contribution is 9.10. The summed E-state index contributed by atoms with van der Waals surface area (Å²) in [5.74, 6) is 6.56. The molecule has 0 saturated heterocycles. The lowest BCUT2D eigenvalue weighted by Gasteiger charge is -2.14. The average molecular weight is 349 g/mol. The van der Waals surface area contributed by atoms with Crippen molar-refractivity contribution in [3.63, 3.8) is 0 Å². The van der Waals surface area contributed by atoms with Gasteiger partial charge in [-0.2, -0.15) is 0 Å². The van der Waals surface area contributed by atoms with E-state index in [4.69, 9.17) is 17.4 Å². The number of anilines is 2. The van der Waals surface area contributed by atoms with Gasteiger partial charge in [-0.25, -0.2) is 15.8 Å². The van der Waals surface area contributed by atoms with Crippen molar-refractivity contribution in [2.24, 2.45) is 5.84 Å². The van der Waals surface area contributed by atoms with E-state index in [1.54, 1.807) is 0 Å². The molecule has 0 spiro atoms. The molecule has 0 bridgehead atoms. The summed E-state index contributed by atoms with van der Waals surface area (Å²) in [5.41, 5.74) is 2.50. The molecule has 4 N–H and O–H groups in total. The fraction of sp³-hybridized carbons (Fsp3) is 0.200. The molecule has 2 rings (SSSR count). The van der Waals surface area contributed by atoms with Gasteiger partial charge >= 0.3 is 0 Å². The summed E-state index contributed by atoms with van der Waals surface area (Å²) in [6.07, 6.45) is 1.44. The van der Waals surface area contributed by atoms with Crippen molar-refractivity contribution in [1.82, 2.24) is 9.97 Å². The van der Waals surface area contributed by atoms with Gasteiger partial charge in [0.1, 0.15) is 16.6 Å². The Balaban J connectivity index is 2.19. The van der Waals surface area contributed by atoms with E-state index in [2.05, 4.69) is 36.6 Å². The highest BCUT2D eigenvalue weighted by Crippen LogP contribution is 2.32. The predicted octanol–water partition coefficient (Wildman–Crippen LogP) is 3.41. The van der Waals surface area contributed by atoms with E-state index in [1.165, 1.54) is 17.7 Å². The number of aromatic nitrogens is 2. The van der Waals surface area contributed by atoms with Crippen LogP contribution >= 0.6 is 38.9 Å². The van der Waals surface area contributed by atoms with Crippen LogP contribution in [0.15, 0.2) is 22.9 Å². The van der Waals surface area contributed by atoms with Crippen molar-refractivity contribution in [3.05, 3.63) is 32.1 Å². The third-order valence-electron chi connectivity index (χ3n) is 2.30. The summed E-state index contributed by atoms with van der Waals surface area (Å²) in [5, 5.41) is 3.27. The van der Waals surface area contributed by atoms with Crippen LogP contribution in [0.5, 0.6) is 0 Å². The fourth-order valence-corrected chi connectivity index (χ4v) is 2.91. The molecule has 96 valence electrons. The Labute approximate surface area is 122 Å². The quantitative estimate of drug-likeness (QED) is 0.583.